The zero-order chi connectivity index (χ0) is 14.3. The number of carbonyl (C=O) groups excluding carboxylic acids is 2. The van der Waals surface area contributed by atoms with Gasteiger partial charge in [0.25, 0.3) is 5.91 Å². The van der Waals surface area contributed by atoms with E-state index in [0.717, 1.165) is 0 Å². The Morgan fingerprint density at radius 2 is 2.05 bits per heavy atom. The molecule has 104 valence electrons. The molecule has 19 heavy (non-hydrogen) atoms. The lowest BCUT2D eigenvalue weighted by atomic mass is 10.1. The summed E-state index contributed by atoms with van der Waals surface area (Å²) < 4.78 is 9.79. The number of para-hydroxylation sites is 1. The Morgan fingerprint density at radius 3 is 2.63 bits per heavy atom. The summed E-state index contributed by atoms with van der Waals surface area (Å²) in [6, 6.07) is 5.51. The average Bonchev–Trinajstić information content (AvgIpc) is 2.44. The van der Waals surface area contributed by atoms with Crippen LogP contribution in [0.4, 0.5) is 0 Å². The third-order valence-electron chi connectivity index (χ3n) is 2.41. The number of esters is 1. The summed E-state index contributed by atoms with van der Waals surface area (Å²) in [6.45, 7) is 1.30. The van der Waals surface area contributed by atoms with Crippen LogP contribution in [0.5, 0.6) is 5.75 Å². The second kappa shape index (κ2) is 7.38. The maximum absolute atomic E-state index is 12.0. The Kier molecular flexibility index (Phi) is 5.81. The maximum atomic E-state index is 12.0. The maximum Gasteiger partial charge on any atom is 0.331 e. The Hall–Kier alpha value is -2.08. The van der Waals surface area contributed by atoms with Crippen LogP contribution in [0.1, 0.15) is 17.3 Å². The van der Waals surface area contributed by atoms with Crippen molar-refractivity contribution in [3.05, 3.63) is 29.8 Å². The highest BCUT2D eigenvalue weighted by atomic mass is 16.5. The zero-order valence-corrected chi connectivity index (χ0v) is 10.9. The van der Waals surface area contributed by atoms with Crippen LogP contribution >= 0.6 is 0 Å². The number of aliphatic hydroxyl groups excluding tert-OH is 1. The lowest BCUT2D eigenvalue weighted by Gasteiger charge is -2.15. The van der Waals surface area contributed by atoms with E-state index in [0.29, 0.717) is 5.75 Å². The highest BCUT2D eigenvalue weighted by Gasteiger charge is 2.23. The molecule has 2 N–H and O–H groups in total. The van der Waals surface area contributed by atoms with Crippen LogP contribution in [0, 0.1) is 0 Å². The van der Waals surface area contributed by atoms with Gasteiger partial charge < -0.3 is 19.9 Å². The normalized spacial score (nSPS) is 11.5. The second-order valence-electron chi connectivity index (χ2n) is 3.66. The van der Waals surface area contributed by atoms with Gasteiger partial charge in [-0.1, -0.05) is 12.1 Å². The quantitative estimate of drug-likeness (QED) is 0.726. The molecule has 0 unspecified atom stereocenters. The van der Waals surface area contributed by atoms with Gasteiger partial charge in [-0.15, -0.1) is 0 Å². The van der Waals surface area contributed by atoms with Crippen LogP contribution < -0.4 is 10.1 Å². The summed E-state index contributed by atoms with van der Waals surface area (Å²) in [5, 5.41) is 11.5. The highest BCUT2D eigenvalue weighted by molar-refractivity contribution is 5.99. The lowest BCUT2D eigenvalue weighted by molar-refractivity contribution is -0.146. The van der Waals surface area contributed by atoms with Gasteiger partial charge in [0.1, 0.15) is 5.75 Å². The van der Waals surface area contributed by atoms with Crippen LogP contribution in [0.15, 0.2) is 24.3 Å². The smallest absolute Gasteiger partial charge is 0.331 e. The van der Waals surface area contributed by atoms with Crippen LogP contribution in [0.3, 0.4) is 0 Å². The number of amides is 1. The summed E-state index contributed by atoms with van der Waals surface area (Å²) in [4.78, 5) is 23.5. The second-order valence-corrected chi connectivity index (χ2v) is 3.66. The molecule has 0 fully saturated rings. The third-order valence-corrected chi connectivity index (χ3v) is 2.41. The van der Waals surface area contributed by atoms with E-state index in [-0.39, 0.29) is 12.2 Å². The minimum atomic E-state index is -1.09. The fraction of sp³-hybridized carbons (Fsp3) is 0.385. The van der Waals surface area contributed by atoms with Gasteiger partial charge in [0.05, 0.1) is 25.9 Å². The first-order valence-corrected chi connectivity index (χ1v) is 5.85. The van der Waals surface area contributed by atoms with Crippen LogP contribution in [0.25, 0.3) is 0 Å². The minimum Gasteiger partial charge on any atom is -0.496 e. The van der Waals surface area contributed by atoms with Crippen molar-refractivity contribution in [2.75, 3.05) is 20.3 Å². The number of nitrogens with one attached hydrogen (secondary N) is 1. The van der Waals surface area contributed by atoms with E-state index in [9.17, 15) is 9.59 Å². The van der Waals surface area contributed by atoms with Crippen LogP contribution in [-0.2, 0) is 9.53 Å². The molecule has 0 bridgehead atoms. The third kappa shape index (κ3) is 3.96. The number of benzene rings is 1. The molecule has 1 aromatic rings. The first kappa shape index (κ1) is 15.0. The largest absolute Gasteiger partial charge is 0.496 e. The van der Waals surface area contributed by atoms with Crippen molar-refractivity contribution in [2.45, 2.75) is 13.0 Å². The number of ether oxygens (including phenoxy) is 2. The van der Waals surface area contributed by atoms with E-state index in [4.69, 9.17) is 14.6 Å². The van der Waals surface area contributed by atoms with E-state index >= 15 is 0 Å². The Morgan fingerprint density at radius 1 is 1.37 bits per heavy atom. The van der Waals surface area contributed by atoms with Crippen LogP contribution in [0.2, 0.25) is 0 Å². The van der Waals surface area contributed by atoms with E-state index < -0.39 is 24.5 Å². The first-order valence-electron chi connectivity index (χ1n) is 5.85. The Bertz CT molecular complexity index is 446. The van der Waals surface area contributed by atoms with Gasteiger partial charge in [-0.3, -0.25) is 4.79 Å². The predicted octanol–water partition coefficient (Wildman–Crippen LogP) is 0.349. The average molecular weight is 267 g/mol. The van der Waals surface area contributed by atoms with Crippen molar-refractivity contribution < 1.29 is 24.2 Å². The van der Waals surface area contributed by atoms with Crippen molar-refractivity contribution in [1.29, 1.82) is 0 Å². The van der Waals surface area contributed by atoms with Gasteiger partial charge in [-0.2, -0.15) is 0 Å². The molecule has 0 aliphatic rings. The van der Waals surface area contributed by atoms with Gasteiger partial charge >= 0.3 is 5.97 Å². The van der Waals surface area contributed by atoms with Crippen molar-refractivity contribution >= 4 is 11.9 Å². The number of rotatable bonds is 6. The molecule has 0 saturated heterocycles. The Balaban J connectivity index is 2.80. The topological polar surface area (TPSA) is 84.9 Å². The first-order chi connectivity index (χ1) is 9.13. The summed E-state index contributed by atoms with van der Waals surface area (Å²) in [7, 11) is 1.45. The van der Waals surface area contributed by atoms with Gasteiger partial charge in [0, 0.05) is 0 Å². The molecule has 1 aromatic carbocycles. The monoisotopic (exact) mass is 267 g/mol. The molecule has 1 amide bonds. The molecular weight excluding hydrogens is 250 g/mol. The molecule has 0 aromatic heterocycles. The molecule has 1 rings (SSSR count). The van der Waals surface area contributed by atoms with Crippen molar-refractivity contribution in [2.24, 2.45) is 0 Å². The summed E-state index contributed by atoms with van der Waals surface area (Å²) >= 11 is 0. The summed E-state index contributed by atoms with van der Waals surface area (Å²) in [6.07, 6.45) is 0. The fourth-order valence-corrected chi connectivity index (χ4v) is 1.49. The molecule has 0 heterocycles. The lowest BCUT2D eigenvalue weighted by Crippen LogP contribution is -2.44. The number of hydrogen-bond acceptors (Lipinski definition) is 5. The number of aliphatic hydroxyl groups is 1. The molecule has 0 aliphatic heterocycles. The molecule has 0 radical (unpaired) electrons. The predicted molar refractivity (Wildman–Crippen MR) is 68.0 cm³/mol. The van der Waals surface area contributed by atoms with Gasteiger partial charge in [-0.05, 0) is 19.1 Å². The van der Waals surface area contributed by atoms with Crippen LogP contribution in [-0.4, -0.2) is 43.3 Å². The fourth-order valence-electron chi connectivity index (χ4n) is 1.49. The molecule has 6 heteroatoms. The van der Waals surface area contributed by atoms with E-state index in [1.807, 2.05) is 0 Å². The molecule has 0 aliphatic carbocycles. The highest BCUT2D eigenvalue weighted by Crippen LogP contribution is 2.17. The molecule has 1 atom stereocenters. The van der Waals surface area contributed by atoms with E-state index in [1.54, 1.807) is 31.2 Å². The number of methoxy groups -OCH3 is 1. The molecular formula is C13H17NO5. The van der Waals surface area contributed by atoms with Crippen molar-refractivity contribution in [1.82, 2.24) is 5.32 Å². The van der Waals surface area contributed by atoms with E-state index in [2.05, 4.69) is 5.32 Å². The van der Waals surface area contributed by atoms with Gasteiger partial charge in [-0.25, -0.2) is 4.79 Å². The summed E-state index contributed by atoms with van der Waals surface area (Å²) in [5.41, 5.74) is 0.285. The summed E-state index contributed by atoms with van der Waals surface area (Å²) in [5.74, 6) is -0.793. The van der Waals surface area contributed by atoms with Gasteiger partial charge in [0.15, 0.2) is 6.04 Å². The standard InChI is InChI=1S/C13H17NO5/c1-3-19-13(17)10(8-15)14-12(16)9-6-4-5-7-11(9)18-2/h4-7,10,15H,3,8H2,1-2H3,(H,14,16)/t10-/m0/s1. The SMILES string of the molecule is CCOC(=O)[C@H](CO)NC(=O)c1ccccc1OC. The molecule has 0 saturated carbocycles. The number of hydrogen-bond donors (Lipinski definition) is 2. The Labute approximate surface area is 111 Å². The van der Waals surface area contributed by atoms with Crippen molar-refractivity contribution in [3.63, 3.8) is 0 Å². The minimum absolute atomic E-state index is 0.180. The molecule has 0 spiro atoms. The molecule has 6 nitrogen and oxygen atoms in total. The van der Waals surface area contributed by atoms with Crippen molar-refractivity contribution in [3.8, 4) is 5.75 Å². The van der Waals surface area contributed by atoms with E-state index in [1.165, 1.54) is 7.11 Å². The number of carbonyl (C=O) groups is 2. The van der Waals surface area contributed by atoms with Gasteiger partial charge in [0.2, 0.25) is 0 Å². The zero-order valence-electron chi connectivity index (χ0n) is 10.9.